The average molecular weight is 490 g/mol. The number of unbranched alkanes of at least 4 members (excludes halogenated alkanes) is 1. The molecular weight excluding hydrogens is 465 g/mol. The lowest BCUT2D eigenvalue weighted by Crippen LogP contribution is -2.26. The molecule has 0 atom stereocenters. The largest absolute Gasteiger partial charge is 0.474 e. The molecule has 0 fully saturated rings. The Morgan fingerprint density at radius 2 is 1.94 bits per heavy atom. The number of pyridine rings is 1. The van der Waals surface area contributed by atoms with Gasteiger partial charge in [-0.1, -0.05) is 36.5 Å². The van der Waals surface area contributed by atoms with Crippen LogP contribution in [0.2, 0.25) is 10.0 Å². The first-order chi connectivity index (χ1) is 15.8. The van der Waals surface area contributed by atoms with E-state index in [1.165, 1.54) is 16.8 Å². The van der Waals surface area contributed by atoms with Gasteiger partial charge in [-0.15, -0.1) is 5.10 Å². The summed E-state index contributed by atoms with van der Waals surface area (Å²) in [6.45, 7) is 6.26. The summed E-state index contributed by atoms with van der Waals surface area (Å²) in [5.74, 6) is -0.332. The molecule has 3 aromatic rings. The Hall–Kier alpha value is -3.10. The number of rotatable bonds is 9. The van der Waals surface area contributed by atoms with E-state index in [1.54, 1.807) is 30.5 Å². The van der Waals surface area contributed by atoms with Crippen LogP contribution in [0.4, 0.5) is 5.69 Å². The summed E-state index contributed by atoms with van der Waals surface area (Å²) in [7, 11) is 0. The summed E-state index contributed by atoms with van der Waals surface area (Å²) >= 11 is 12.4. The lowest BCUT2D eigenvalue weighted by molar-refractivity contribution is 0.0954. The van der Waals surface area contributed by atoms with Crippen LogP contribution in [0.5, 0.6) is 5.88 Å². The molecule has 8 nitrogen and oxygen atoms in total. The highest BCUT2D eigenvalue weighted by molar-refractivity contribution is 6.32. The van der Waals surface area contributed by atoms with Crippen molar-refractivity contribution in [2.45, 2.75) is 39.7 Å². The van der Waals surface area contributed by atoms with Crippen LogP contribution in [-0.2, 0) is 0 Å². The van der Waals surface area contributed by atoms with Gasteiger partial charge in [0.2, 0.25) is 5.88 Å². The first kappa shape index (κ1) is 24.5. The van der Waals surface area contributed by atoms with E-state index in [0.29, 0.717) is 22.3 Å². The molecule has 0 saturated carbocycles. The highest BCUT2D eigenvalue weighted by Crippen LogP contribution is 2.25. The van der Waals surface area contributed by atoms with Crippen molar-refractivity contribution >= 4 is 40.7 Å². The molecule has 0 aliphatic rings. The predicted molar refractivity (Wildman–Crippen MR) is 129 cm³/mol. The van der Waals surface area contributed by atoms with Gasteiger partial charge in [0.15, 0.2) is 5.82 Å². The SMILES string of the molecule is CCCCNC(=O)c1cc(Cl)ccc1NC(=O)c1cc(OC(C)C)nn1-c1ncccc1Cl. The van der Waals surface area contributed by atoms with E-state index in [1.807, 2.05) is 20.8 Å². The Morgan fingerprint density at radius 3 is 2.64 bits per heavy atom. The highest BCUT2D eigenvalue weighted by atomic mass is 35.5. The van der Waals surface area contributed by atoms with Crippen LogP contribution in [0.1, 0.15) is 54.5 Å². The molecule has 174 valence electrons. The van der Waals surface area contributed by atoms with Crippen molar-refractivity contribution in [2.75, 3.05) is 11.9 Å². The Bertz CT molecular complexity index is 1150. The van der Waals surface area contributed by atoms with E-state index in [0.717, 1.165) is 12.8 Å². The molecule has 2 amide bonds. The van der Waals surface area contributed by atoms with Gasteiger partial charge < -0.3 is 15.4 Å². The minimum Gasteiger partial charge on any atom is -0.474 e. The molecule has 0 unspecified atom stereocenters. The third kappa shape index (κ3) is 6.24. The molecule has 1 aromatic carbocycles. The van der Waals surface area contributed by atoms with Crippen LogP contribution in [0.15, 0.2) is 42.6 Å². The third-order valence-electron chi connectivity index (χ3n) is 4.51. The van der Waals surface area contributed by atoms with Gasteiger partial charge in [-0.25, -0.2) is 9.67 Å². The number of aromatic nitrogens is 3. The number of hydrogen-bond donors (Lipinski definition) is 2. The molecule has 0 aliphatic carbocycles. The standard InChI is InChI=1S/C23H25Cl2N5O3/c1-4-5-10-27-22(31)16-12-15(24)8-9-18(16)28-23(32)19-13-20(33-14(2)3)29-30(19)21-17(25)7-6-11-26-21/h6-9,11-14H,4-5,10H2,1-3H3,(H,27,31)(H,28,32). The van der Waals surface area contributed by atoms with E-state index in [2.05, 4.69) is 20.7 Å². The smallest absolute Gasteiger partial charge is 0.274 e. The zero-order valence-electron chi connectivity index (χ0n) is 18.6. The quantitative estimate of drug-likeness (QED) is 0.405. The summed E-state index contributed by atoms with van der Waals surface area (Å²) in [6.07, 6.45) is 3.18. The number of hydrogen-bond acceptors (Lipinski definition) is 5. The van der Waals surface area contributed by atoms with Gasteiger partial charge in [-0.2, -0.15) is 0 Å². The molecule has 0 bridgehead atoms. The number of anilines is 1. The molecule has 0 spiro atoms. The fraction of sp³-hybridized carbons (Fsp3) is 0.304. The van der Waals surface area contributed by atoms with Crippen LogP contribution >= 0.6 is 23.2 Å². The Balaban J connectivity index is 1.95. The van der Waals surface area contributed by atoms with E-state index in [-0.39, 0.29) is 35.0 Å². The fourth-order valence-corrected chi connectivity index (χ4v) is 3.36. The summed E-state index contributed by atoms with van der Waals surface area (Å²) in [5, 5.41) is 10.7. The van der Waals surface area contributed by atoms with Gasteiger partial charge in [-0.3, -0.25) is 9.59 Å². The third-order valence-corrected chi connectivity index (χ3v) is 5.04. The van der Waals surface area contributed by atoms with Crippen LogP contribution in [0, 0.1) is 0 Å². The maximum absolute atomic E-state index is 13.3. The zero-order chi connectivity index (χ0) is 24.0. The molecule has 3 rings (SSSR count). The summed E-state index contributed by atoms with van der Waals surface area (Å²) in [6, 6.07) is 9.51. The zero-order valence-corrected chi connectivity index (χ0v) is 20.1. The maximum Gasteiger partial charge on any atom is 0.274 e. The van der Waals surface area contributed by atoms with E-state index in [4.69, 9.17) is 27.9 Å². The molecule has 10 heteroatoms. The summed E-state index contributed by atoms with van der Waals surface area (Å²) < 4.78 is 6.98. The summed E-state index contributed by atoms with van der Waals surface area (Å²) in [5.41, 5.74) is 0.704. The molecule has 2 N–H and O–H groups in total. The number of halogens is 2. The second-order valence-corrected chi connectivity index (χ2v) is 8.35. The Kier molecular flexibility index (Phi) is 8.30. The molecule has 2 aromatic heterocycles. The van der Waals surface area contributed by atoms with Crippen LogP contribution < -0.4 is 15.4 Å². The van der Waals surface area contributed by atoms with Gasteiger partial charge in [0.05, 0.1) is 22.4 Å². The van der Waals surface area contributed by atoms with Crippen molar-refractivity contribution < 1.29 is 14.3 Å². The van der Waals surface area contributed by atoms with Crippen LogP contribution in [-0.4, -0.2) is 39.2 Å². The summed E-state index contributed by atoms with van der Waals surface area (Å²) in [4.78, 5) is 30.2. The normalized spacial score (nSPS) is 10.8. The van der Waals surface area contributed by atoms with Crippen molar-refractivity contribution in [2.24, 2.45) is 0 Å². The monoisotopic (exact) mass is 489 g/mol. The Morgan fingerprint density at radius 1 is 1.15 bits per heavy atom. The minimum atomic E-state index is -0.521. The van der Waals surface area contributed by atoms with Gasteiger partial charge in [-0.05, 0) is 50.6 Å². The van der Waals surface area contributed by atoms with Crippen molar-refractivity contribution in [1.82, 2.24) is 20.1 Å². The predicted octanol–water partition coefficient (Wildman–Crippen LogP) is 5.14. The van der Waals surface area contributed by atoms with E-state index < -0.39 is 5.91 Å². The highest BCUT2D eigenvalue weighted by Gasteiger charge is 2.22. The first-order valence-electron chi connectivity index (χ1n) is 10.6. The average Bonchev–Trinajstić information content (AvgIpc) is 3.18. The minimum absolute atomic E-state index is 0.138. The second kappa shape index (κ2) is 11.2. The lowest BCUT2D eigenvalue weighted by atomic mass is 10.1. The van der Waals surface area contributed by atoms with Gasteiger partial charge in [0.25, 0.3) is 11.8 Å². The number of benzene rings is 1. The van der Waals surface area contributed by atoms with Crippen LogP contribution in [0.25, 0.3) is 5.82 Å². The van der Waals surface area contributed by atoms with Gasteiger partial charge >= 0.3 is 0 Å². The molecule has 0 aliphatic heterocycles. The van der Waals surface area contributed by atoms with Gasteiger partial charge in [0, 0.05) is 23.8 Å². The van der Waals surface area contributed by atoms with Crippen molar-refractivity contribution in [3.63, 3.8) is 0 Å². The van der Waals surface area contributed by atoms with Crippen LogP contribution in [0.3, 0.4) is 0 Å². The number of ether oxygens (including phenoxy) is 1. The number of carbonyl (C=O) groups is 2. The lowest BCUT2D eigenvalue weighted by Gasteiger charge is -2.13. The number of amides is 2. The van der Waals surface area contributed by atoms with E-state index >= 15 is 0 Å². The van der Waals surface area contributed by atoms with Crippen molar-refractivity contribution in [3.05, 3.63) is 63.9 Å². The second-order valence-electron chi connectivity index (χ2n) is 7.51. The first-order valence-corrected chi connectivity index (χ1v) is 11.3. The molecule has 0 saturated heterocycles. The van der Waals surface area contributed by atoms with E-state index in [9.17, 15) is 9.59 Å². The van der Waals surface area contributed by atoms with Crippen molar-refractivity contribution in [1.29, 1.82) is 0 Å². The molecule has 33 heavy (non-hydrogen) atoms. The Labute approximate surface area is 202 Å². The molecule has 0 radical (unpaired) electrons. The number of nitrogens with one attached hydrogen (secondary N) is 2. The molecule has 2 heterocycles. The number of nitrogens with zero attached hydrogens (tertiary/aromatic N) is 3. The number of carbonyl (C=O) groups excluding carboxylic acids is 2. The fourth-order valence-electron chi connectivity index (χ4n) is 2.99. The molecular formula is C23H25Cl2N5O3. The van der Waals surface area contributed by atoms with Gasteiger partial charge in [0.1, 0.15) is 5.69 Å². The van der Waals surface area contributed by atoms with Crippen molar-refractivity contribution in [3.8, 4) is 11.7 Å². The topological polar surface area (TPSA) is 98.1 Å². The maximum atomic E-state index is 13.3.